The van der Waals surface area contributed by atoms with Crippen molar-refractivity contribution in [3.63, 3.8) is 0 Å². The molecular formula is C16H10Cl2N2O4S. The van der Waals surface area contributed by atoms with E-state index in [2.05, 4.69) is 9.71 Å². The van der Waals surface area contributed by atoms with Crippen molar-refractivity contribution in [2.45, 2.75) is 4.90 Å². The highest BCUT2D eigenvalue weighted by atomic mass is 35.5. The molecule has 2 N–H and O–H groups in total. The van der Waals surface area contributed by atoms with Crippen molar-refractivity contribution < 1.29 is 18.3 Å². The van der Waals surface area contributed by atoms with Gasteiger partial charge in [0.2, 0.25) is 0 Å². The van der Waals surface area contributed by atoms with E-state index < -0.39 is 16.0 Å². The molecule has 0 saturated heterocycles. The van der Waals surface area contributed by atoms with Gasteiger partial charge in [-0.3, -0.25) is 9.71 Å². The van der Waals surface area contributed by atoms with Gasteiger partial charge in [0, 0.05) is 11.6 Å². The Morgan fingerprint density at radius 3 is 2.52 bits per heavy atom. The van der Waals surface area contributed by atoms with Gasteiger partial charge in [-0.15, -0.1) is 0 Å². The third kappa shape index (κ3) is 3.39. The van der Waals surface area contributed by atoms with Gasteiger partial charge in [-0.25, -0.2) is 13.2 Å². The van der Waals surface area contributed by atoms with E-state index in [9.17, 15) is 18.3 Å². The average molecular weight is 397 g/mol. The first-order valence-electron chi connectivity index (χ1n) is 6.88. The number of nitrogens with zero attached hydrogens (tertiary/aromatic N) is 1. The molecule has 1 heterocycles. The molecule has 0 amide bonds. The summed E-state index contributed by atoms with van der Waals surface area (Å²) < 4.78 is 27.5. The van der Waals surface area contributed by atoms with Gasteiger partial charge >= 0.3 is 5.97 Å². The first-order valence-corrected chi connectivity index (χ1v) is 9.12. The topological polar surface area (TPSA) is 96.4 Å². The zero-order valence-corrected chi connectivity index (χ0v) is 14.7. The minimum absolute atomic E-state index is 0.0283. The highest BCUT2D eigenvalue weighted by molar-refractivity contribution is 7.92. The zero-order chi connectivity index (χ0) is 18.2. The fraction of sp³-hybridized carbons (Fsp3) is 0. The van der Waals surface area contributed by atoms with E-state index in [-0.39, 0.29) is 31.7 Å². The van der Waals surface area contributed by atoms with Gasteiger partial charge in [0.1, 0.15) is 0 Å². The second kappa shape index (κ2) is 6.51. The number of halogens is 2. The second-order valence-corrected chi connectivity index (χ2v) is 7.54. The summed E-state index contributed by atoms with van der Waals surface area (Å²) in [7, 11) is -3.96. The molecule has 0 aliphatic carbocycles. The third-order valence-corrected chi connectivity index (χ3v) is 5.55. The number of hydrogen-bond donors (Lipinski definition) is 2. The molecule has 0 aliphatic rings. The van der Waals surface area contributed by atoms with Gasteiger partial charge in [0.05, 0.1) is 31.7 Å². The molecule has 0 fully saturated rings. The maximum Gasteiger partial charge on any atom is 0.336 e. The van der Waals surface area contributed by atoms with E-state index >= 15 is 0 Å². The summed E-state index contributed by atoms with van der Waals surface area (Å²) in [6.07, 6.45) is 1.45. The van der Waals surface area contributed by atoms with Gasteiger partial charge < -0.3 is 5.11 Å². The molecule has 9 heteroatoms. The van der Waals surface area contributed by atoms with Crippen molar-refractivity contribution in [3.8, 4) is 0 Å². The predicted molar refractivity (Wildman–Crippen MR) is 96.0 cm³/mol. The van der Waals surface area contributed by atoms with E-state index in [1.807, 2.05) is 0 Å². The monoisotopic (exact) mass is 396 g/mol. The van der Waals surface area contributed by atoms with Crippen LogP contribution in [0.3, 0.4) is 0 Å². The molecule has 0 spiro atoms. The number of aromatic nitrogens is 1. The van der Waals surface area contributed by atoms with Gasteiger partial charge in [-0.2, -0.15) is 0 Å². The molecule has 3 aromatic rings. The van der Waals surface area contributed by atoms with Crippen molar-refractivity contribution >= 4 is 55.8 Å². The first-order chi connectivity index (χ1) is 11.8. The lowest BCUT2D eigenvalue weighted by Crippen LogP contribution is -2.14. The fourth-order valence-electron chi connectivity index (χ4n) is 2.29. The third-order valence-electron chi connectivity index (χ3n) is 3.45. The number of carbonyl (C=O) groups is 1. The number of carboxylic acid groups (broad SMARTS) is 1. The summed E-state index contributed by atoms with van der Waals surface area (Å²) in [6.45, 7) is 0. The van der Waals surface area contributed by atoms with Crippen LogP contribution in [0.1, 0.15) is 10.4 Å². The van der Waals surface area contributed by atoms with E-state index in [0.717, 1.165) is 0 Å². The highest BCUT2D eigenvalue weighted by Gasteiger charge is 2.19. The Bertz CT molecular complexity index is 1100. The Morgan fingerprint density at radius 2 is 1.84 bits per heavy atom. The second-order valence-electron chi connectivity index (χ2n) is 5.05. The molecule has 25 heavy (non-hydrogen) atoms. The Hall–Kier alpha value is -2.35. The Morgan fingerprint density at radius 1 is 1.08 bits per heavy atom. The molecule has 1 aromatic heterocycles. The molecule has 0 aliphatic heterocycles. The number of fused-ring (bicyclic) bond motifs is 1. The number of rotatable bonds is 4. The van der Waals surface area contributed by atoms with Crippen LogP contribution in [0.4, 0.5) is 5.69 Å². The molecule has 2 aromatic carbocycles. The molecule has 6 nitrogen and oxygen atoms in total. The number of anilines is 1. The van der Waals surface area contributed by atoms with Crippen LogP contribution in [0.25, 0.3) is 10.9 Å². The number of benzene rings is 2. The summed E-state index contributed by atoms with van der Waals surface area (Å²) in [5.74, 6) is -1.13. The van der Waals surface area contributed by atoms with Crippen LogP contribution >= 0.6 is 23.2 Å². The van der Waals surface area contributed by atoms with Crippen molar-refractivity contribution in [3.05, 3.63) is 64.3 Å². The first kappa shape index (κ1) is 17.5. The standard InChI is InChI=1S/C16H10Cl2N2O4S/c17-12-5-3-9(8-13(12)18)25(23,24)20-14-6-4-11(16(21)22)10-2-1-7-19-15(10)14/h1-8,20H,(H,21,22). The largest absolute Gasteiger partial charge is 0.478 e. The SMILES string of the molecule is O=C(O)c1ccc(NS(=O)(=O)c2ccc(Cl)c(Cl)c2)c2ncccc12. The zero-order valence-electron chi connectivity index (χ0n) is 12.4. The van der Waals surface area contributed by atoms with Crippen molar-refractivity contribution in [1.29, 1.82) is 0 Å². The lowest BCUT2D eigenvalue weighted by atomic mass is 10.1. The number of aromatic carboxylic acids is 1. The maximum absolute atomic E-state index is 12.6. The van der Waals surface area contributed by atoms with Crippen LogP contribution in [0, 0.1) is 0 Å². The highest BCUT2D eigenvalue weighted by Crippen LogP contribution is 2.29. The molecule has 0 radical (unpaired) electrons. The Labute approximate surface area is 153 Å². The molecule has 0 saturated carbocycles. The van der Waals surface area contributed by atoms with E-state index in [1.54, 1.807) is 12.1 Å². The lowest BCUT2D eigenvalue weighted by molar-refractivity contribution is 0.0699. The van der Waals surface area contributed by atoms with Crippen LogP contribution in [0.15, 0.2) is 53.6 Å². The molecule has 0 bridgehead atoms. The predicted octanol–water partition coefficient (Wildman–Crippen LogP) is 4.04. The van der Waals surface area contributed by atoms with Crippen LogP contribution < -0.4 is 4.72 Å². The molecule has 128 valence electrons. The van der Waals surface area contributed by atoms with Crippen molar-refractivity contribution in [2.75, 3.05) is 4.72 Å². The smallest absolute Gasteiger partial charge is 0.336 e. The lowest BCUT2D eigenvalue weighted by Gasteiger charge is -2.12. The van der Waals surface area contributed by atoms with Crippen molar-refractivity contribution in [2.24, 2.45) is 0 Å². The Balaban J connectivity index is 2.10. The number of carboxylic acids is 1. The molecular weight excluding hydrogens is 387 g/mol. The quantitative estimate of drug-likeness (QED) is 0.693. The average Bonchev–Trinajstić information content (AvgIpc) is 2.57. The maximum atomic E-state index is 12.6. The van der Waals surface area contributed by atoms with Crippen LogP contribution in [0.2, 0.25) is 10.0 Å². The van der Waals surface area contributed by atoms with Gasteiger partial charge in [-0.05, 0) is 36.4 Å². The molecule has 0 unspecified atom stereocenters. The molecule has 0 atom stereocenters. The number of nitrogens with one attached hydrogen (secondary N) is 1. The van der Waals surface area contributed by atoms with Gasteiger partial charge in [0.15, 0.2) is 0 Å². The van der Waals surface area contributed by atoms with Gasteiger partial charge in [0.25, 0.3) is 10.0 Å². The summed E-state index contributed by atoms with van der Waals surface area (Å²) in [5.41, 5.74) is 0.415. The fourth-order valence-corrected chi connectivity index (χ4v) is 3.74. The van der Waals surface area contributed by atoms with Gasteiger partial charge in [-0.1, -0.05) is 29.3 Å². The minimum Gasteiger partial charge on any atom is -0.478 e. The number of hydrogen-bond acceptors (Lipinski definition) is 4. The van der Waals surface area contributed by atoms with Crippen LogP contribution in [-0.4, -0.2) is 24.5 Å². The van der Waals surface area contributed by atoms with E-state index in [4.69, 9.17) is 23.2 Å². The summed E-state index contributed by atoms with van der Waals surface area (Å²) >= 11 is 11.7. The Kier molecular flexibility index (Phi) is 4.55. The number of sulfonamides is 1. The summed E-state index contributed by atoms with van der Waals surface area (Å²) in [6, 6.07) is 9.73. The number of pyridine rings is 1. The normalized spacial score (nSPS) is 11.4. The van der Waals surface area contributed by atoms with Crippen LogP contribution in [0.5, 0.6) is 0 Å². The van der Waals surface area contributed by atoms with Crippen molar-refractivity contribution in [1.82, 2.24) is 4.98 Å². The molecule has 3 rings (SSSR count). The minimum atomic E-state index is -3.96. The van der Waals surface area contributed by atoms with Crippen LogP contribution in [-0.2, 0) is 10.0 Å². The summed E-state index contributed by atoms with van der Waals surface area (Å²) in [5, 5.41) is 9.91. The van der Waals surface area contributed by atoms with E-state index in [1.165, 1.54) is 36.5 Å². The summed E-state index contributed by atoms with van der Waals surface area (Å²) in [4.78, 5) is 15.3. The van der Waals surface area contributed by atoms with E-state index in [0.29, 0.717) is 5.39 Å².